The van der Waals surface area contributed by atoms with Crippen LogP contribution in [-0.2, 0) is 6.54 Å². The van der Waals surface area contributed by atoms with Crippen molar-refractivity contribution < 1.29 is 4.39 Å². The largest absolute Gasteiger partial charge is 0.354 e. The number of rotatable bonds is 3. The molecular weight excluding hydrogens is 241 g/mol. The number of hydrogen-bond acceptors (Lipinski definition) is 3. The molecule has 0 aliphatic carbocycles. The molecule has 4 heteroatoms. The highest BCUT2D eigenvalue weighted by molar-refractivity contribution is 5.43. The van der Waals surface area contributed by atoms with Crippen molar-refractivity contribution in [2.24, 2.45) is 5.41 Å². The summed E-state index contributed by atoms with van der Waals surface area (Å²) >= 11 is 0. The molecule has 1 fully saturated rings. The summed E-state index contributed by atoms with van der Waals surface area (Å²) in [7, 11) is 1.83. The molecule has 1 aromatic heterocycles. The lowest BCUT2D eigenvalue weighted by molar-refractivity contribution is 0.325. The van der Waals surface area contributed by atoms with Crippen molar-refractivity contribution in [1.29, 1.82) is 0 Å². The molecule has 0 saturated carbocycles. The number of aromatic nitrogens is 1. The van der Waals surface area contributed by atoms with Crippen molar-refractivity contribution in [1.82, 2.24) is 10.3 Å². The van der Waals surface area contributed by atoms with Crippen LogP contribution in [-0.4, -0.2) is 25.1 Å². The Kier molecular flexibility index (Phi) is 4.40. The lowest BCUT2D eigenvalue weighted by Crippen LogP contribution is -2.27. The van der Waals surface area contributed by atoms with E-state index in [2.05, 4.69) is 29.0 Å². The van der Waals surface area contributed by atoms with Crippen molar-refractivity contribution in [3.8, 4) is 0 Å². The highest BCUT2D eigenvalue weighted by Gasteiger charge is 2.25. The predicted molar refractivity (Wildman–Crippen MR) is 76.8 cm³/mol. The summed E-state index contributed by atoms with van der Waals surface area (Å²) in [6.07, 6.45) is 5.09. The van der Waals surface area contributed by atoms with Crippen LogP contribution in [0.5, 0.6) is 0 Å². The molecule has 0 spiro atoms. The van der Waals surface area contributed by atoms with Gasteiger partial charge in [-0.3, -0.25) is 0 Å². The van der Waals surface area contributed by atoms with Crippen LogP contribution in [0.2, 0.25) is 0 Å². The molecule has 0 bridgehead atoms. The number of halogens is 1. The van der Waals surface area contributed by atoms with Crippen LogP contribution in [0.25, 0.3) is 0 Å². The Morgan fingerprint density at radius 2 is 2.16 bits per heavy atom. The zero-order chi connectivity index (χ0) is 13.9. The van der Waals surface area contributed by atoms with Gasteiger partial charge < -0.3 is 10.2 Å². The van der Waals surface area contributed by atoms with E-state index in [-0.39, 0.29) is 5.82 Å². The minimum Gasteiger partial charge on any atom is -0.354 e. The van der Waals surface area contributed by atoms with Gasteiger partial charge in [0.1, 0.15) is 0 Å². The van der Waals surface area contributed by atoms with E-state index in [1.54, 1.807) is 12.3 Å². The average molecular weight is 265 g/mol. The van der Waals surface area contributed by atoms with Gasteiger partial charge in [-0.15, -0.1) is 0 Å². The maximum absolute atomic E-state index is 14.4. The number of anilines is 1. The van der Waals surface area contributed by atoms with E-state index in [1.165, 1.54) is 6.42 Å². The topological polar surface area (TPSA) is 28.2 Å². The van der Waals surface area contributed by atoms with Gasteiger partial charge in [0.15, 0.2) is 11.6 Å². The molecule has 19 heavy (non-hydrogen) atoms. The van der Waals surface area contributed by atoms with Crippen LogP contribution in [0.15, 0.2) is 12.3 Å². The monoisotopic (exact) mass is 265 g/mol. The van der Waals surface area contributed by atoms with Gasteiger partial charge in [-0.1, -0.05) is 13.8 Å². The molecule has 2 rings (SSSR count). The highest BCUT2D eigenvalue weighted by Crippen LogP contribution is 2.32. The Morgan fingerprint density at radius 3 is 2.89 bits per heavy atom. The van der Waals surface area contributed by atoms with Crippen LogP contribution in [0.1, 0.15) is 38.7 Å². The van der Waals surface area contributed by atoms with Crippen molar-refractivity contribution in [2.45, 2.75) is 39.7 Å². The predicted octanol–water partition coefficient (Wildman–Crippen LogP) is 2.96. The van der Waals surface area contributed by atoms with Crippen molar-refractivity contribution >= 4 is 5.82 Å². The molecule has 0 unspecified atom stereocenters. The smallest absolute Gasteiger partial charge is 0.170 e. The number of nitrogens with one attached hydrogen (secondary N) is 1. The Labute approximate surface area is 115 Å². The second-order valence-electron chi connectivity index (χ2n) is 6.14. The van der Waals surface area contributed by atoms with E-state index in [1.807, 2.05) is 7.05 Å². The molecule has 1 aliphatic heterocycles. The Morgan fingerprint density at radius 1 is 1.37 bits per heavy atom. The number of pyridine rings is 1. The summed E-state index contributed by atoms with van der Waals surface area (Å²) in [4.78, 5) is 6.36. The van der Waals surface area contributed by atoms with Crippen molar-refractivity contribution in [3.63, 3.8) is 0 Å². The Balaban J connectivity index is 2.19. The van der Waals surface area contributed by atoms with E-state index in [0.717, 1.165) is 25.9 Å². The minimum absolute atomic E-state index is 0.170. The van der Waals surface area contributed by atoms with Crippen LogP contribution < -0.4 is 10.2 Å². The number of hydrogen-bond donors (Lipinski definition) is 1. The van der Waals surface area contributed by atoms with Gasteiger partial charge in [0.2, 0.25) is 0 Å². The molecule has 0 radical (unpaired) electrons. The summed E-state index contributed by atoms with van der Waals surface area (Å²) in [5.41, 5.74) is 1.05. The molecule has 1 saturated heterocycles. The highest BCUT2D eigenvalue weighted by atomic mass is 19.1. The molecule has 0 amide bonds. The Hall–Kier alpha value is -1.16. The third-order valence-electron chi connectivity index (χ3n) is 3.96. The summed E-state index contributed by atoms with van der Waals surface area (Å²) in [5, 5.41) is 2.99. The fourth-order valence-electron chi connectivity index (χ4n) is 2.65. The molecule has 106 valence electrons. The number of nitrogens with zero attached hydrogens (tertiary/aromatic N) is 2. The summed E-state index contributed by atoms with van der Waals surface area (Å²) < 4.78 is 14.4. The summed E-state index contributed by atoms with van der Waals surface area (Å²) in [5.74, 6) is 0.349. The fraction of sp³-hybridized carbons (Fsp3) is 0.667. The molecule has 0 aromatic carbocycles. The van der Waals surface area contributed by atoms with Crippen LogP contribution >= 0.6 is 0 Å². The van der Waals surface area contributed by atoms with E-state index < -0.39 is 0 Å². The Bertz CT molecular complexity index is 431. The first-order valence-electron chi connectivity index (χ1n) is 7.06. The van der Waals surface area contributed by atoms with Crippen molar-refractivity contribution in [3.05, 3.63) is 23.6 Å². The zero-order valence-corrected chi connectivity index (χ0v) is 12.2. The third-order valence-corrected chi connectivity index (χ3v) is 3.96. The lowest BCUT2D eigenvalue weighted by Gasteiger charge is -2.24. The molecule has 0 atom stereocenters. The van der Waals surface area contributed by atoms with Crippen molar-refractivity contribution in [2.75, 3.05) is 25.0 Å². The average Bonchev–Trinajstić information content (AvgIpc) is 2.53. The first kappa shape index (κ1) is 14.3. The van der Waals surface area contributed by atoms with E-state index >= 15 is 0 Å². The second-order valence-corrected chi connectivity index (χ2v) is 6.14. The van der Waals surface area contributed by atoms with Crippen LogP contribution in [0, 0.1) is 11.2 Å². The van der Waals surface area contributed by atoms with Gasteiger partial charge in [-0.2, -0.15) is 0 Å². The van der Waals surface area contributed by atoms with E-state index in [9.17, 15) is 4.39 Å². The molecule has 2 heterocycles. The quantitative estimate of drug-likeness (QED) is 0.910. The first-order valence-corrected chi connectivity index (χ1v) is 7.06. The van der Waals surface area contributed by atoms with Gasteiger partial charge in [0, 0.05) is 31.4 Å². The molecule has 1 aliphatic rings. The van der Waals surface area contributed by atoms with Crippen LogP contribution in [0.3, 0.4) is 0 Å². The summed E-state index contributed by atoms with van der Waals surface area (Å²) in [6, 6.07) is 1.75. The minimum atomic E-state index is -0.170. The molecule has 1 aromatic rings. The molecular formula is C15H24FN3. The lowest BCUT2D eigenvalue weighted by atomic mass is 9.85. The maximum Gasteiger partial charge on any atom is 0.170 e. The normalized spacial score (nSPS) is 19.3. The van der Waals surface area contributed by atoms with Crippen LogP contribution in [0.4, 0.5) is 10.2 Å². The van der Waals surface area contributed by atoms with Gasteiger partial charge >= 0.3 is 0 Å². The van der Waals surface area contributed by atoms with Gasteiger partial charge in [-0.25, -0.2) is 9.37 Å². The van der Waals surface area contributed by atoms with E-state index in [4.69, 9.17) is 0 Å². The summed E-state index contributed by atoms with van der Waals surface area (Å²) in [6.45, 7) is 6.91. The maximum atomic E-state index is 14.4. The van der Waals surface area contributed by atoms with E-state index in [0.29, 0.717) is 23.3 Å². The zero-order valence-electron chi connectivity index (χ0n) is 12.2. The first-order chi connectivity index (χ1) is 9.03. The molecule has 3 nitrogen and oxygen atoms in total. The molecule has 1 N–H and O–H groups in total. The van der Waals surface area contributed by atoms with Gasteiger partial charge in [0.25, 0.3) is 0 Å². The van der Waals surface area contributed by atoms with Gasteiger partial charge in [0.05, 0.1) is 0 Å². The van der Waals surface area contributed by atoms with Gasteiger partial charge in [-0.05, 0) is 37.8 Å². The SMILES string of the molecule is CNCc1ccnc(N2CCCC(C)(C)CC2)c1F. The second kappa shape index (κ2) is 5.87. The standard InChI is InChI=1S/C15H24FN3/c1-15(2)6-4-9-19(10-7-15)14-13(16)12(11-17-3)5-8-18-14/h5,8,17H,4,6-7,9-11H2,1-3H3. The fourth-order valence-corrected chi connectivity index (χ4v) is 2.65. The third kappa shape index (κ3) is 3.44.